The summed E-state index contributed by atoms with van der Waals surface area (Å²) in [5.74, 6) is -4.77. The number of imide groups is 2. The fourth-order valence-electron chi connectivity index (χ4n) is 12.5. The van der Waals surface area contributed by atoms with Gasteiger partial charge in [0, 0.05) is 31.1 Å². The highest BCUT2D eigenvalue weighted by Gasteiger charge is 2.53. The maximum Gasteiger partial charge on any atom is 0.272 e. The van der Waals surface area contributed by atoms with Crippen molar-refractivity contribution in [2.24, 2.45) is 23.2 Å². The highest BCUT2D eigenvalue weighted by Crippen LogP contribution is 2.45. The van der Waals surface area contributed by atoms with Crippen LogP contribution in [0.3, 0.4) is 0 Å². The first kappa shape index (κ1) is 51.8. The van der Waals surface area contributed by atoms with E-state index in [1.807, 2.05) is 33.8 Å². The first-order valence-corrected chi connectivity index (χ1v) is 26.8. The van der Waals surface area contributed by atoms with Crippen LogP contribution in [-0.2, 0) is 28.8 Å². The van der Waals surface area contributed by atoms with E-state index in [9.17, 15) is 48.3 Å². The van der Waals surface area contributed by atoms with E-state index in [2.05, 4.69) is 36.6 Å². The average molecular weight is 1010 g/mol. The van der Waals surface area contributed by atoms with Crippen LogP contribution in [0.2, 0.25) is 0 Å². The lowest BCUT2D eigenvalue weighted by molar-refractivity contribution is -0.146. The molecule has 3 aliphatic heterocycles. The summed E-state index contributed by atoms with van der Waals surface area (Å²) in [6.07, 6.45) is 13.3. The summed E-state index contributed by atoms with van der Waals surface area (Å²) in [5, 5.41) is 25.2. The van der Waals surface area contributed by atoms with E-state index in [0.29, 0.717) is 44.3 Å². The summed E-state index contributed by atoms with van der Waals surface area (Å²) in [5.41, 5.74) is 1.27. The number of aliphatic hydroxyl groups excluding tert-OH is 1. The van der Waals surface area contributed by atoms with Crippen LogP contribution in [-0.4, -0.2) is 127 Å². The van der Waals surface area contributed by atoms with Gasteiger partial charge in [-0.3, -0.25) is 58.4 Å². The average Bonchev–Trinajstić information content (AvgIpc) is 3.64. The number of fused-ring (bicyclic) bond motifs is 2. The first-order chi connectivity index (χ1) is 34.9. The SMILES string of the molecule is CCC[C@@H](NC(=O)[C@@H]1[C@H]2CCC[C@H]2CN1C(=O)[C@@H](NC(=O)[C@@H](NC(=O)c1cnc([C@H]2CCC(c3ccc4c(c3)C(=O)N(C3CCC(=O)NC3=O)C4=O)C2)cn1)C1CCCCC1)C(C)(C)C)C(O)C(=O)NC1CC1. The van der Waals surface area contributed by atoms with Crippen LogP contribution < -0.4 is 26.6 Å². The molecule has 2 saturated heterocycles. The second-order valence-corrected chi connectivity index (χ2v) is 22.9. The van der Waals surface area contributed by atoms with Gasteiger partial charge in [0.1, 0.15) is 29.9 Å². The number of piperidine rings is 1. The molecule has 3 unspecified atom stereocenters. The molecule has 7 aliphatic rings. The van der Waals surface area contributed by atoms with Crippen LogP contribution >= 0.6 is 0 Å². The molecule has 6 N–H and O–H groups in total. The van der Waals surface area contributed by atoms with Crippen LogP contribution in [0, 0.1) is 23.2 Å². The molecule has 0 radical (unpaired) electrons. The minimum Gasteiger partial charge on any atom is -0.381 e. The smallest absolute Gasteiger partial charge is 0.272 e. The number of hydrogen-bond acceptors (Lipinski definition) is 12. The van der Waals surface area contributed by atoms with E-state index in [4.69, 9.17) is 0 Å². The number of benzene rings is 1. The molecule has 10 atom stereocenters. The predicted octanol–water partition coefficient (Wildman–Crippen LogP) is 3.69. The molecule has 9 rings (SSSR count). The van der Waals surface area contributed by atoms with E-state index >= 15 is 0 Å². The van der Waals surface area contributed by atoms with Crippen molar-refractivity contribution in [3.63, 3.8) is 0 Å². The molecule has 0 spiro atoms. The fraction of sp³-hybridized carbons (Fsp3) is 0.648. The van der Waals surface area contributed by atoms with Crippen molar-refractivity contribution in [2.75, 3.05) is 6.54 Å². The lowest BCUT2D eigenvalue weighted by Gasteiger charge is -2.38. The first-order valence-electron chi connectivity index (χ1n) is 26.8. The van der Waals surface area contributed by atoms with Gasteiger partial charge in [-0.05, 0) is 117 Å². The zero-order valence-corrected chi connectivity index (χ0v) is 42.5. The molecule has 4 heterocycles. The number of aromatic nitrogens is 2. The van der Waals surface area contributed by atoms with E-state index in [0.717, 1.165) is 74.7 Å². The molecule has 9 amide bonds. The Hall–Kier alpha value is -6.11. The molecular formula is C54H71N9O10. The summed E-state index contributed by atoms with van der Waals surface area (Å²) in [6.45, 7) is 7.84. The number of hydrogen-bond donors (Lipinski definition) is 6. The Morgan fingerprint density at radius 2 is 1.55 bits per heavy atom. The van der Waals surface area contributed by atoms with Gasteiger partial charge >= 0.3 is 0 Å². The number of likely N-dealkylation sites (tertiary alicyclic amines) is 1. The van der Waals surface area contributed by atoms with Crippen molar-refractivity contribution in [3.05, 3.63) is 58.7 Å². The molecule has 0 bridgehead atoms. The number of aliphatic hydroxyl groups is 1. The molecule has 1 aromatic carbocycles. The Labute approximate surface area is 425 Å². The summed E-state index contributed by atoms with van der Waals surface area (Å²) in [4.78, 5) is 134. The quantitative estimate of drug-likeness (QED) is 0.132. The van der Waals surface area contributed by atoms with E-state index in [1.165, 1.54) is 6.20 Å². The number of carbonyl (C=O) groups is 9. The predicted molar refractivity (Wildman–Crippen MR) is 264 cm³/mol. The lowest BCUT2D eigenvalue weighted by Crippen LogP contribution is -2.62. The highest BCUT2D eigenvalue weighted by atomic mass is 16.3. The number of nitrogens with zero attached hydrogens (tertiary/aromatic N) is 4. The summed E-state index contributed by atoms with van der Waals surface area (Å²) in [6, 6.07) is 0.477. The van der Waals surface area contributed by atoms with Gasteiger partial charge in [-0.15, -0.1) is 0 Å². The largest absolute Gasteiger partial charge is 0.381 e. The molecule has 392 valence electrons. The van der Waals surface area contributed by atoms with Crippen molar-refractivity contribution in [1.29, 1.82) is 0 Å². The van der Waals surface area contributed by atoms with Gasteiger partial charge in [0.15, 0.2) is 6.10 Å². The van der Waals surface area contributed by atoms with Crippen molar-refractivity contribution < 1.29 is 48.3 Å². The Balaban J connectivity index is 0.858. The van der Waals surface area contributed by atoms with E-state index < -0.39 is 94.9 Å². The molecule has 1 aromatic heterocycles. The van der Waals surface area contributed by atoms with Crippen LogP contribution in [0.5, 0.6) is 0 Å². The molecule has 2 aromatic rings. The van der Waals surface area contributed by atoms with Crippen molar-refractivity contribution >= 4 is 53.2 Å². The summed E-state index contributed by atoms with van der Waals surface area (Å²) in [7, 11) is 0. The topological polar surface area (TPSA) is 266 Å². The van der Waals surface area contributed by atoms with E-state index in [1.54, 1.807) is 23.2 Å². The number of carbonyl (C=O) groups excluding carboxylic acids is 9. The Kier molecular flexibility index (Phi) is 15.2. The van der Waals surface area contributed by atoms with Gasteiger partial charge in [0.05, 0.1) is 29.1 Å². The normalized spacial score (nSPS) is 26.9. The maximum atomic E-state index is 15.0. The van der Waals surface area contributed by atoms with Crippen molar-refractivity contribution in [2.45, 2.75) is 191 Å². The number of amides is 9. The second kappa shape index (κ2) is 21.4. The second-order valence-electron chi connectivity index (χ2n) is 22.9. The zero-order valence-electron chi connectivity index (χ0n) is 42.5. The van der Waals surface area contributed by atoms with Crippen molar-refractivity contribution in [3.8, 4) is 0 Å². The number of nitrogens with one attached hydrogen (secondary N) is 5. The maximum absolute atomic E-state index is 15.0. The molecule has 4 aliphatic carbocycles. The van der Waals surface area contributed by atoms with Crippen LogP contribution in [0.15, 0.2) is 30.6 Å². The Morgan fingerprint density at radius 3 is 2.23 bits per heavy atom. The van der Waals surface area contributed by atoms with Gasteiger partial charge in [-0.2, -0.15) is 0 Å². The molecule has 4 saturated carbocycles. The Morgan fingerprint density at radius 1 is 0.808 bits per heavy atom. The summed E-state index contributed by atoms with van der Waals surface area (Å²) < 4.78 is 0. The molecule has 19 heteroatoms. The van der Waals surface area contributed by atoms with Crippen molar-refractivity contribution in [1.82, 2.24) is 46.4 Å². The summed E-state index contributed by atoms with van der Waals surface area (Å²) >= 11 is 0. The number of rotatable bonds is 16. The zero-order chi connectivity index (χ0) is 51.9. The van der Waals surface area contributed by atoms with Crippen LogP contribution in [0.4, 0.5) is 0 Å². The molecule has 6 fully saturated rings. The minimum atomic E-state index is -1.44. The van der Waals surface area contributed by atoms with Gasteiger partial charge in [0.2, 0.25) is 29.5 Å². The third-order valence-electron chi connectivity index (χ3n) is 16.7. The molecule has 73 heavy (non-hydrogen) atoms. The van der Waals surface area contributed by atoms with Crippen LogP contribution in [0.25, 0.3) is 0 Å². The van der Waals surface area contributed by atoms with Gasteiger partial charge in [-0.1, -0.05) is 65.9 Å². The molecular weight excluding hydrogens is 935 g/mol. The highest BCUT2D eigenvalue weighted by molar-refractivity contribution is 6.23. The monoisotopic (exact) mass is 1010 g/mol. The fourth-order valence-corrected chi connectivity index (χ4v) is 12.5. The van der Waals surface area contributed by atoms with Gasteiger partial charge in [-0.25, -0.2) is 4.98 Å². The van der Waals surface area contributed by atoms with E-state index in [-0.39, 0.29) is 65.3 Å². The van der Waals surface area contributed by atoms with Gasteiger partial charge < -0.3 is 31.3 Å². The third kappa shape index (κ3) is 10.9. The van der Waals surface area contributed by atoms with Crippen LogP contribution in [0.1, 0.15) is 191 Å². The third-order valence-corrected chi connectivity index (χ3v) is 16.7. The Bertz CT molecular complexity index is 2520. The lowest BCUT2D eigenvalue weighted by atomic mass is 9.82. The standard InChI is InChI=1S/C54H71N9O10/c1-5-10-37(44(65)50(70)57-33-18-19-33)58-49(69)43-34-14-9-13-32(34)27-62(43)53(73)45(54(2,3)4)61-48(68)42(28-11-7-6-8-12-28)60-46(66)39-26-55-38(25-56-39)31-16-15-29(23-31)30-17-20-35-36(24-30)52(72)63(51(35)71)40-21-22-41(64)59-47(40)67/h17,20,24-26,28-29,31-34,37,40,42-45,65H,5-16,18-19,21-23,27H2,1-4H3,(H,57,70)(H,58,69)(H,60,66)(H,61,68)(H,59,64,67)/t29?,31-,32-,34-,37+,40?,42-,43-,44?,45+/m0/s1. The van der Waals surface area contributed by atoms with Gasteiger partial charge in [0.25, 0.3) is 23.6 Å². The molecule has 19 nitrogen and oxygen atoms in total. The minimum absolute atomic E-state index is 0.00327.